The molecule has 0 spiro atoms. The monoisotopic (exact) mass is 444 g/mol. The van der Waals surface area contributed by atoms with Crippen LogP contribution < -0.4 is 14.2 Å². The zero-order valence-corrected chi connectivity index (χ0v) is 18.6. The van der Waals surface area contributed by atoms with Crippen molar-refractivity contribution >= 4 is 11.7 Å². The fraction of sp³-hybridized carbons (Fsp3) is 0.231. The summed E-state index contributed by atoms with van der Waals surface area (Å²) >= 11 is 0. The van der Waals surface area contributed by atoms with Crippen LogP contribution in [0.3, 0.4) is 0 Å². The zero-order chi connectivity index (χ0) is 22.9. The van der Waals surface area contributed by atoms with E-state index in [-0.39, 0.29) is 12.0 Å². The summed E-state index contributed by atoms with van der Waals surface area (Å²) in [5.41, 5.74) is 4.42. The topological polar surface area (TPSA) is 69.6 Å². The predicted molar refractivity (Wildman–Crippen MR) is 123 cm³/mol. The van der Waals surface area contributed by atoms with Crippen molar-refractivity contribution in [1.29, 1.82) is 0 Å². The van der Waals surface area contributed by atoms with Crippen molar-refractivity contribution in [2.24, 2.45) is 5.10 Å². The lowest BCUT2D eigenvalue weighted by Gasteiger charge is -2.38. The molecule has 2 heterocycles. The van der Waals surface area contributed by atoms with E-state index in [4.69, 9.17) is 24.0 Å². The second-order valence-corrected chi connectivity index (χ2v) is 7.86. The number of hydrazone groups is 1. The van der Waals surface area contributed by atoms with E-state index in [2.05, 4.69) is 0 Å². The van der Waals surface area contributed by atoms with E-state index in [0.29, 0.717) is 5.56 Å². The Hall–Kier alpha value is -4.00. The Kier molecular flexibility index (Phi) is 5.38. The lowest BCUT2D eigenvalue weighted by molar-refractivity contribution is -0.0191. The minimum Gasteiger partial charge on any atom is -0.497 e. The van der Waals surface area contributed by atoms with Gasteiger partial charge in [-0.05, 0) is 60.2 Å². The van der Waals surface area contributed by atoms with Gasteiger partial charge in [-0.15, -0.1) is 0 Å². The van der Waals surface area contributed by atoms with Crippen LogP contribution in [-0.2, 0) is 4.74 Å². The maximum absolute atomic E-state index is 11.8. The summed E-state index contributed by atoms with van der Waals surface area (Å²) in [6, 6.07) is 21.0. The molecule has 5 rings (SSSR count). The van der Waals surface area contributed by atoms with Gasteiger partial charge in [0.05, 0.1) is 38.6 Å². The number of benzene rings is 3. The fourth-order valence-electron chi connectivity index (χ4n) is 4.27. The number of nitrogens with zero attached hydrogens (tertiary/aromatic N) is 2. The van der Waals surface area contributed by atoms with Gasteiger partial charge in [0.25, 0.3) is 0 Å². The van der Waals surface area contributed by atoms with Crippen LogP contribution in [0.15, 0.2) is 71.8 Å². The third-order valence-corrected chi connectivity index (χ3v) is 6.04. The lowest BCUT2D eigenvalue weighted by atomic mass is 9.95. The maximum atomic E-state index is 11.8. The van der Waals surface area contributed by atoms with E-state index in [0.717, 1.165) is 46.1 Å². The van der Waals surface area contributed by atoms with Crippen LogP contribution in [0.5, 0.6) is 17.2 Å². The Morgan fingerprint density at radius 1 is 0.939 bits per heavy atom. The third kappa shape index (κ3) is 3.75. The minimum atomic E-state index is -0.432. The molecule has 0 amide bonds. The summed E-state index contributed by atoms with van der Waals surface area (Å²) in [6.07, 6.45) is 0.297. The van der Waals surface area contributed by atoms with E-state index in [1.807, 2.05) is 59.6 Å². The Morgan fingerprint density at radius 2 is 1.64 bits per heavy atom. The molecule has 3 aromatic carbocycles. The van der Waals surface area contributed by atoms with E-state index in [9.17, 15) is 4.79 Å². The van der Waals surface area contributed by atoms with Crippen LogP contribution in [0, 0.1) is 0 Å². The second-order valence-electron chi connectivity index (χ2n) is 7.86. The van der Waals surface area contributed by atoms with Gasteiger partial charge in [-0.3, -0.25) is 0 Å². The number of carbonyl (C=O) groups is 1. The zero-order valence-electron chi connectivity index (χ0n) is 18.6. The molecule has 168 valence electrons. The molecule has 0 fully saturated rings. The van der Waals surface area contributed by atoms with Crippen LogP contribution in [0.4, 0.5) is 0 Å². The van der Waals surface area contributed by atoms with Gasteiger partial charge in [-0.25, -0.2) is 9.80 Å². The first-order valence-electron chi connectivity index (χ1n) is 10.6. The van der Waals surface area contributed by atoms with Crippen LogP contribution in [0.25, 0.3) is 0 Å². The Bertz CT molecular complexity index is 1200. The third-order valence-electron chi connectivity index (χ3n) is 6.04. The highest BCUT2D eigenvalue weighted by atomic mass is 16.5. The highest BCUT2D eigenvalue weighted by molar-refractivity contribution is 6.02. The molecular weight excluding hydrogens is 420 g/mol. The molecule has 0 saturated carbocycles. The number of methoxy groups -OCH3 is 3. The molecule has 0 N–H and O–H groups in total. The minimum absolute atomic E-state index is 0.00812. The largest absolute Gasteiger partial charge is 0.497 e. The van der Waals surface area contributed by atoms with Crippen molar-refractivity contribution in [3.8, 4) is 17.2 Å². The van der Waals surface area contributed by atoms with Gasteiger partial charge >= 0.3 is 5.97 Å². The maximum Gasteiger partial charge on any atom is 0.337 e. The van der Waals surface area contributed by atoms with Crippen LogP contribution >= 0.6 is 0 Å². The highest BCUT2D eigenvalue weighted by Gasteiger charge is 2.41. The van der Waals surface area contributed by atoms with Gasteiger partial charge in [-0.2, -0.15) is 5.10 Å². The lowest BCUT2D eigenvalue weighted by Crippen LogP contribution is -2.33. The van der Waals surface area contributed by atoms with Gasteiger partial charge < -0.3 is 18.9 Å². The molecule has 2 aliphatic rings. The molecule has 3 aromatic rings. The SMILES string of the molecule is COC(=O)c1ccc([C@@H]2Oc3ccc(OC)cc3[C@H]3CC(c4ccc(OC)cc4)=NN32)cc1. The Labute approximate surface area is 192 Å². The summed E-state index contributed by atoms with van der Waals surface area (Å²) in [7, 11) is 4.68. The quantitative estimate of drug-likeness (QED) is 0.530. The second kappa shape index (κ2) is 8.50. The van der Waals surface area contributed by atoms with Crippen LogP contribution in [-0.4, -0.2) is 38.0 Å². The van der Waals surface area contributed by atoms with Crippen molar-refractivity contribution in [3.63, 3.8) is 0 Å². The van der Waals surface area contributed by atoms with Gasteiger partial charge in [0.2, 0.25) is 6.23 Å². The molecule has 0 aromatic heterocycles. The summed E-state index contributed by atoms with van der Waals surface area (Å²) in [6.45, 7) is 0. The van der Waals surface area contributed by atoms with Crippen LogP contribution in [0.2, 0.25) is 0 Å². The Morgan fingerprint density at radius 3 is 2.30 bits per heavy atom. The molecule has 2 aliphatic heterocycles. The first kappa shape index (κ1) is 20.9. The average molecular weight is 444 g/mol. The number of carbonyl (C=O) groups excluding carboxylic acids is 1. The van der Waals surface area contributed by atoms with Crippen molar-refractivity contribution in [1.82, 2.24) is 5.01 Å². The fourth-order valence-corrected chi connectivity index (χ4v) is 4.27. The smallest absolute Gasteiger partial charge is 0.337 e. The summed E-state index contributed by atoms with van der Waals surface area (Å²) in [4.78, 5) is 11.8. The number of esters is 1. The van der Waals surface area contributed by atoms with Crippen molar-refractivity contribution in [2.75, 3.05) is 21.3 Å². The molecular formula is C26H24N2O5. The normalized spacial score (nSPS) is 18.5. The number of hydrogen-bond donors (Lipinski definition) is 0. The standard InChI is InChI=1S/C26H24N2O5/c1-30-19-10-8-16(9-11-19)22-15-23-21-14-20(31-2)12-13-24(21)33-25(28(23)27-22)17-4-6-18(7-5-17)26(29)32-3/h4-14,23,25H,15H2,1-3H3/t23-,25+/m1/s1. The van der Waals surface area contributed by atoms with Crippen LogP contribution in [0.1, 0.15) is 45.7 Å². The average Bonchev–Trinajstić information content (AvgIpc) is 3.33. The predicted octanol–water partition coefficient (Wildman–Crippen LogP) is 4.73. The highest BCUT2D eigenvalue weighted by Crippen LogP contribution is 2.48. The van der Waals surface area contributed by atoms with Gasteiger partial charge in [0.15, 0.2) is 0 Å². The molecule has 0 aliphatic carbocycles. The molecule has 0 radical (unpaired) electrons. The number of fused-ring (bicyclic) bond motifs is 3. The van der Waals surface area contributed by atoms with Crippen molar-refractivity contribution in [2.45, 2.75) is 18.7 Å². The summed E-state index contributed by atoms with van der Waals surface area (Å²) in [5.74, 6) is 2.00. The van der Waals surface area contributed by atoms with E-state index >= 15 is 0 Å². The Balaban J connectivity index is 1.54. The summed E-state index contributed by atoms with van der Waals surface area (Å²) in [5, 5.41) is 6.97. The number of hydrogen-bond acceptors (Lipinski definition) is 7. The van der Waals surface area contributed by atoms with Crippen molar-refractivity contribution < 1.29 is 23.7 Å². The summed E-state index contributed by atoms with van der Waals surface area (Å²) < 4.78 is 22.0. The van der Waals surface area contributed by atoms with E-state index in [1.165, 1.54) is 7.11 Å². The number of ether oxygens (including phenoxy) is 4. The van der Waals surface area contributed by atoms with Crippen molar-refractivity contribution in [3.05, 3.63) is 89.0 Å². The number of rotatable bonds is 5. The van der Waals surface area contributed by atoms with Gasteiger partial charge in [0, 0.05) is 17.5 Å². The van der Waals surface area contributed by atoms with Gasteiger partial charge in [0.1, 0.15) is 17.2 Å². The van der Waals surface area contributed by atoms with Gasteiger partial charge in [-0.1, -0.05) is 12.1 Å². The molecule has 7 nitrogen and oxygen atoms in total. The molecule has 0 unspecified atom stereocenters. The molecule has 33 heavy (non-hydrogen) atoms. The first-order valence-corrected chi connectivity index (χ1v) is 10.6. The molecule has 0 saturated heterocycles. The molecule has 2 atom stereocenters. The first-order chi connectivity index (χ1) is 16.1. The van der Waals surface area contributed by atoms with E-state index < -0.39 is 6.23 Å². The molecule has 7 heteroatoms. The van der Waals surface area contributed by atoms with E-state index in [1.54, 1.807) is 26.4 Å². The molecule has 0 bridgehead atoms.